The van der Waals surface area contributed by atoms with Crippen LogP contribution in [0, 0.1) is 0 Å². The van der Waals surface area contributed by atoms with Gasteiger partial charge in [0.2, 0.25) is 0 Å². The standard InChI is InChI=1S/C40H71O8P/c1-3-5-7-9-11-13-15-17-18-19-20-21-22-23-25-27-29-31-33-35-40(42)48-38(37-47-49(43,44)45)36-46-39(41)34-32-30-28-26-24-16-14-12-10-8-6-4-2/h5,7,11,13,17-18,20-21,38H,3-4,6,8-10,12,14-16,19,22-37H2,1-2H3,(H2,43,44,45)/b7-5-,13-11-,18-17-,21-20-. The Balaban J connectivity index is 3.98. The van der Waals surface area contributed by atoms with E-state index in [9.17, 15) is 14.2 Å². The Morgan fingerprint density at radius 2 is 0.980 bits per heavy atom. The Kier molecular flexibility index (Phi) is 34.4. The van der Waals surface area contributed by atoms with E-state index >= 15 is 0 Å². The molecule has 0 aliphatic rings. The lowest BCUT2D eigenvalue weighted by molar-refractivity contribution is -0.161. The molecule has 1 unspecified atom stereocenters. The number of carbonyl (C=O) groups is 2. The quantitative estimate of drug-likeness (QED) is 0.0289. The molecule has 0 aliphatic carbocycles. The van der Waals surface area contributed by atoms with Crippen LogP contribution in [0.5, 0.6) is 0 Å². The smallest absolute Gasteiger partial charge is 0.462 e. The van der Waals surface area contributed by atoms with Crippen LogP contribution in [0.1, 0.15) is 174 Å². The highest BCUT2D eigenvalue weighted by Crippen LogP contribution is 2.36. The fourth-order valence-electron chi connectivity index (χ4n) is 5.25. The lowest BCUT2D eigenvalue weighted by Crippen LogP contribution is -2.29. The van der Waals surface area contributed by atoms with Crippen LogP contribution in [-0.2, 0) is 28.2 Å². The number of hydrogen-bond donors (Lipinski definition) is 2. The zero-order valence-electron chi connectivity index (χ0n) is 31.1. The van der Waals surface area contributed by atoms with Crippen molar-refractivity contribution in [1.29, 1.82) is 0 Å². The first-order chi connectivity index (χ1) is 23.8. The van der Waals surface area contributed by atoms with Crippen LogP contribution in [0.3, 0.4) is 0 Å². The van der Waals surface area contributed by atoms with Crippen molar-refractivity contribution in [2.24, 2.45) is 0 Å². The van der Waals surface area contributed by atoms with E-state index in [0.717, 1.165) is 83.5 Å². The summed E-state index contributed by atoms with van der Waals surface area (Å²) in [6.07, 6.45) is 42.6. The molecule has 0 aromatic rings. The molecule has 49 heavy (non-hydrogen) atoms. The second kappa shape index (κ2) is 35.8. The second-order valence-corrected chi connectivity index (χ2v) is 14.1. The van der Waals surface area contributed by atoms with Crippen molar-refractivity contribution in [3.63, 3.8) is 0 Å². The van der Waals surface area contributed by atoms with Crippen molar-refractivity contribution in [2.45, 2.75) is 180 Å². The van der Waals surface area contributed by atoms with Crippen LogP contribution in [0.25, 0.3) is 0 Å². The number of rotatable bonds is 35. The average molecular weight is 711 g/mol. The number of carbonyl (C=O) groups excluding carboxylic acids is 2. The monoisotopic (exact) mass is 710 g/mol. The van der Waals surface area contributed by atoms with E-state index in [4.69, 9.17) is 19.3 Å². The third-order valence-corrected chi connectivity index (χ3v) is 8.60. The van der Waals surface area contributed by atoms with E-state index in [-0.39, 0.29) is 19.4 Å². The molecule has 1 atom stereocenters. The van der Waals surface area contributed by atoms with Crippen LogP contribution < -0.4 is 0 Å². The van der Waals surface area contributed by atoms with Gasteiger partial charge in [0.25, 0.3) is 0 Å². The maximum atomic E-state index is 12.4. The molecule has 0 heterocycles. The molecule has 0 rings (SSSR count). The number of phosphoric ester groups is 1. The molecule has 0 fully saturated rings. The van der Waals surface area contributed by atoms with Crippen molar-refractivity contribution in [2.75, 3.05) is 13.2 Å². The van der Waals surface area contributed by atoms with E-state index in [1.807, 2.05) is 0 Å². The summed E-state index contributed by atoms with van der Waals surface area (Å²) in [5, 5.41) is 0. The largest absolute Gasteiger partial charge is 0.469 e. The Bertz CT molecular complexity index is 937. The summed E-state index contributed by atoms with van der Waals surface area (Å²) in [5.41, 5.74) is 0. The highest BCUT2D eigenvalue weighted by atomic mass is 31.2. The summed E-state index contributed by atoms with van der Waals surface area (Å²) in [6, 6.07) is 0. The van der Waals surface area contributed by atoms with Gasteiger partial charge in [0.15, 0.2) is 6.10 Å². The van der Waals surface area contributed by atoms with Gasteiger partial charge in [-0.2, -0.15) is 0 Å². The molecule has 9 heteroatoms. The predicted molar refractivity (Wildman–Crippen MR) is 202 cm³/mol. The SMILES string of the molecule is CC/C=C\C/C=C\C/C=C\C/C=C\CCCCCCCCC(=O)OC(COC(=O)CCCCCCCCCCCCCC)COP(=O)(O)O. The maximum absolute atomic E-state index is 12.4. The minimum Gasteiger partial charge on any atom is -0.462 e. The van der Waals surface area contributed by atoms with Crippen LogP contribution >= 0.6 is 7.82 Å². The van der Waals surface area contributed by atoms with Crippen LogP contribution in [0.4, 0.5) is 0 Å². The van der Waals surface area contributed by atoms with Gasteiger partial charge >= 0.3 is 19.8 Å². The van der Waals surface area contributed by atoms with Gasteiger partial charge in [0, 0.05) is 12.8 Å². The van der Waals surface area contributed by atoms with Crippen molar-refractivity contribution in [3.05, 3.63) is 48.6 Å². The minimum absolute atomic E-state index is 0.196. The minimum atomic E-state index is -4.75. The van der Waals surface area contributed by atoms with Gasteiger partial charge in [-0.1, -0.05) is 159 Å². The summed E-state index contributed by atoms with van der Waals surface area (Å²) >= 11 is 0. The van der Waals surface area contributed by atoms with Crippen molar-refractivity contribution in [3.8, 4) is 0 Å². The predicted octanol–water partition coefficient (Wildman–Crippen LogP) is 11.6. The number of esters is 2. The number of hydrogen-bond acceptors (Lipinski definition) is 6. The van der Waals surface area contributed by atoms with E-state index in [2.05, 4.69) is 67.0 Å². The molecule has 0 saturated carbocycles. The number of ether oxygens (including phenoxy) is 2. The summed E-state index contributed by atoms with van der Waals surface area (Å²) in [6.45, 7) is 3.55. The Labute approximate surface area is 299 Å². The molecule has 0 spiro atoms. The number of unbranched alkanes of at least 4 members (excludes halogenated alkanes) is 17. The number of allylic oxidation sites excluding steroid dienone is 8. The first kappa shape index (κ1) is 47.0. The molecule has 0 bridgehead atoms. The molecule has 0 saturated heterocycles. The molecule has 8 nitrogen and oxygen atoms in total. The molecule has 284 valence electrons. The van der Waals surface area contributed by atoms with Gasteiger partial charge in [-0.15, -0.1) is 0 Å². The van der Waals surface area contributed by atoms with Crippen LogP contribution in [-0.4, -0.2) is 41.0 Å². The van der Waals surface area contributed by atoms with Gasteiger partial charge in [-0.25, -0.2) is 4.57 Å². The molecule has 0 aromatic heterocycles. The summed E-state index contributed by atoms with van der Waals surface area (Å²) < 4.78 is 26.3. The van der Waals surface area contributed by atoms with Gasteiger partial charge in [-0.05, 0) is 51.4 Å². The molecule has 2 N–H and O–H groups in total. The second-order valence-electron chi connectivity index (χ2n) is 12.9. The van der Waals surface area contributed by atoms with Crippen LogP contribution in [0.15, 0.2) is 48.6 Å². The zero-order valence-corrected chi connectivity index (χ0v) is 32.0. The van der Waals surface area contributed by atoms with E-state index in [0.29, 0.717) is 6.42 Å². The lowest BCUT2D eigenvalue weighted by atomic mass is 10.0. The van der Waals surface area contributed by atoms with Crippen molar-refractivity contribution >= 4 is 19.8 Å². The zero-order chi connectivity index (χ0) is 36.1. The Morgan fingerprint density at radius 3 is 1.47 bits per heavy atom. The molecule has 0 amide bonds. The van der Waals surface area contributed by atoms with Crippen molar-refractivity contribution in [1.82, 2.24) is 0 Å². The molecule has 0 aliphatic heterocycles. The van der Waals surface area contributed by atoms with Gasteiger partial charge in [-0.3, -0.25) is 14.1 Å². The van der Waals surface area contributed by atoms with Gasteiger partial charge in [0.05, 0.1) is 6.61 Å². The van der Waals surface area contributed by atoms with Gasteiger partial charge in [0.1, 0.15) is 6.61 Å². The van der Waals surface area contributed by atoms with E-state index < -0.39 is 32.5 Å². The Hall–Kier alpha value is -1.99. The maximum Gasteiger partial charge on any atom is 0.469 e. The average Bonchev–Trinajstić information content (AvgIpc) is 3.07. The first-order valence-corrected chi connectivity index (χ1v) is 21.0. The fourth-order valence-corrected chi connectivity index (χ4v) is 5.61. The van der Waals surface area contributed by atoms with Gasteiger partial charge < -0.3 is 19.3 Å². The fraction of sp³-hybridized carbons (Fsp3) is 0.750. The normalized spacial score (nSPS) is 13.0. The highest BCUT2D eigenvalue weighted by molar-refractivity contribution is 7.46. The molecule has 0 aromatic carbocycles. The number of phosphoric acid groups is 1. The summed E-state index contributed by atoms with van der Waals surface area (Å²) in [4.78, 5) is 42.7. The van der Waals surface area contributed by atoms with E-state index in [1.165, 1.54) is 57.8 Å². The Morgan fingerprint density at radius 1 is 0.551 bits per heavy atom. The van der Waals surface area contributed by atoms with E-state index in [1.54, 1.807) is 0 Å². The topological polar surface area (TPSA) is 119 Å². The van der Waals surface area contributed by atoms with Crippen molar-refractivity contribution < 1.29 is 37.9 Å². The first-order valence-electron chi connectivity index (χ1n) is 19.4. The summed E-state index contributed by atoms with van der Waals surface area (Å²) in [5.74, 6) is -0.901. The third-order valence-electron chi connectivity index (χ3n) is 8.11. The highest BCUT2D eigenvalue weighted by Gasteiger charge is 2.22. The molecule has 0 radical (unpaired) electrons. The summed E-state index contributed by atoms with van der Waals surface area (Å²) in [7, 11) is -4.75. The lowest BCUT2D eigenvalue weighted by Gasteiger charge is -2.18. The molecular formula is C40H71O8P. The van der Waals surface area contributed by atoms with Crippen LogP contribution in [0.2, 0.25) is 0 Å². The molecular weight excluding hydrogens is 639 g/mol. The third kappa shape index (κ3) is 38.7.